The highest BCUT2D eigenvalue weighted by Gasteiger charge is 2.11. The van der Waals surface area contributed by atoms with Gasteiger partial charge < -0.3 is 15.3 Å². The molecule has 0 radical (unpaired) electrons. The largest absolute Gasteiger partial charge is 0.478 e. The summed E-state index contributed by atoms with van der Waals surface area (Å²) in [4.78, 5) is 23.7. The van der Waals surface area contributed by atoms with Gasteiger partial charge in [0.05, 0.1) is 17.8 Å². The molecule has 1 rings (SSSR count). The van der Waals surface area contributed by atoms with Crippen LogP contribution in [0.2, 0.25) is 0 Å². The summed E-state index contributed by atoms with van der Waals surface area (Å²) in [6.45, 7) is 0.0940. The average molecular weight is 240 g/mol. The number of nitrogens with one attached hydrogen (secondary N) is 1. The van der Waals surface area contributed by atoms with Crippen molar-refractivity contribution in [3.05, 3.63) is 29.6 Å². The maximum atomic E-state index is 13.3. The molecule has 0 aromatic heterocycles. The lowest BCUT2D eigenvalue weighted by Gasteiger charge is -2.11. The first-order valence-corrected chi connectivity index (χ1v) is 4.87. The number of aromatic carboxylic acids is 1. The molecule has 1 amide bonds. The molecule has 2 N–H and O–H groups in total. The molecule has 0 aliphatic heterocycles. The fourth-order valence-corrected chi connectivity index (χ4v) is 1.23. The highest BCUT2D eigenvalue weighted by Crippen LogP contribution is 2.16. The summed E-state index contributed by atoms with van der Waals surface area (Å²) in [6.07, 6.45) is 0. The van der Waals surface area contributed by atoms with Crippen molar-refractivity contribution in [2.45, 2.75) is 0 Å². The van der Waals surface area contributed by atoms with Crippen LogP contribution in [-0.4, -0.2) is 42.5 Å². The van der Waals surface area contributed by atoms with E-state index in [1.54, 1.807) is 19.0 Å². The standard InChI is InChI=1S/C11H13FN2O3/c1-14(2)6-10(15)13-9-5-7(11(16)17)3-4-8(9)12/h3-5H,6H2,1-2H3,(H,13,15)(H,16,17). The zero-order valence-electron chi connectivity index (χ0n) is 9.53. The number of amides is 1. The number of rotatable bonds is 4. The number of likely N-dealkylation sites (N-methyl/N-ethyl adjacent to an activating group) is 1. The van der Waals surface area contributed by atoms with Crippen LogP contribution in [0.15, 0.2) is 18.2 Å². The molecule has 1 aromatic carbocycles. The number of hydrogen-bond acceptors (Lipinski definition) is 3. The monoisotopic (exact) mass is 240 g/mol. The van der Waals surface area contributed by atoms with Gasteiger partial charge in [0.2, 0.25) is 5.91 Å². The third kappa shape index (κ3) is 3.84. The molecule has 0 atom stereocenters. The van der Waals surface area contributed by atoms with Crippen molar-refractivity contribution >= 4 is 17.6 Å². The predicted octanol–water partition coefficient (Wildman–Crippen LogP) is 1.02. The SMILES string of the molecule is CN(C)CC(=O)Nc1cc(C(=O)O)ccc1F. The van der Waals surface area contributed by atoms with Crippen molar-refractivity contribution < 1.29 is 19.1 Å². The molecule has 5 nitrogen and oxygen atoms in total. The Morgan fingerprint density at radius 3 is 2.59 bits per heavy atom. The number of nitrogens with zero attached hydrogens (tertiary/aromatic N) is 1. The highest BCUT2D eigenvalue weighted by molar-refractivity contribution is 5.94. The summed E-state index contributed by atoms with van der Waals surface area (Å²) in [7, 11) is 3.40. The van der Waals surface area contributed by atoms with Gasteiger partial charge in [0.1, 0.15) is 5.82 Å². The Morgan fingerprint density at radius 2 is 2.06 bits per heavy atom. The number of carboxylic acid groups (broad SMARTS) is 1. The van der Waals surface area contributed by atoms with Gasteiger partial charge in [0.15, 0.2) is 0 Å². The third-order valence-corrected chi connectivity index (χ3v) is 1.95. The third-order valence-electron chi connectivity index (χ3n) is 1.95. The summed E-state index contributed by atoms with van der Waals surface area (Å²) in [6, 6.07) is 3.24. The first kappa shape index (κ1) is 13.1. The van der Waals surface area contributed by atoms with Crippen LogP contribution in [0, 0.1) is 5.82 Å². The first-order chi connectivity index (χ1) is 7.90. The van der Waals surface area contributed by atoms with Crippen LogP contribution in [-0.2, 0) is 4.79 Å². The van der Waals surface area contributed by atoms with E-state index in [0.29, 0.717) is 0 Å². The van der Waals surface area contributed by atoms with Crippen molar-refractivity contribution in [1.29, 1.82) is 0 Å². The normalized spacial score (nSPS) is 10.4. The van der Waals surface area contributed by atoms with Gasteiger partial charge in [-0.3, -0.25) is 4.79 Å². The van der Waals surface area contributed by atoms with E-state index in [0.717, 1.165) is 18.2 Å². The molecule has 0 fully saturated rings. The second kappa shape index (κ2) is 5.40. The maximum Gasteiger partial charge on any atom is 0.335 e. The topological polar surface area (TPSA) is 69.6 Å². The molecule has 0 saturated heterocycles. The lowest BCUT2D eigenvalue weighted by atomic mass is 10.2. The minimum absolute atomic E-state index is 0.0773. The van der Waals surface area contributed by atoms with Crippen LogP contribution in [0.25, 0.3) is 0 Å². The predicted molar refractivity (Wildman–Crippen MR) is 60.5 cm³/mol. The summed E-state index contributed by atoms with van der Waals surface area (Å²) >= 11 is 0. The van der Waals surface area contributed by atoms with Gasteiger partial charge >= 0.3 is 5.97 Å². The van der Waals surface area contributed by atoms with Gasteiger partial charge in [0, 0.05) is 0 Å². The molecular weight excluding hydrogens is 227 g/mol. The Hall–Kier alpha value is -1.95. The van der Waals surface area contributed by atoms with Crippen LogP contribution in [0.1, 0.15) is 10.4 Å². The summed E-state index contributed by atoms with van der Waals surface area (Å²) in [5.74, 6) is -2.24. The summed E-state index contributed by atoms with van der Waals surface area (Å²) in [5, 5.41) is 11.1. The molecule has 0 bridgehead atoms. The minimum Gasteiger partial charge on any atom is -0.478 e. The molecule has 17 heavy (non-hydrogen) atoms. The van der Waals surface area contributed by atoms with Crippen molar-refractivity contribution in [3.63, 3.8) is 0 Å². The van der Waals surface area contributed by atoms with E-state index in [1.807, 2.05) is 0 Å². The fourth-order valence-electron chi connectivity index (χ4n) is 1.23. The van der Waals surface area contributed by atoms with Crippen LogP contribution in [0.5, 0.6) is 0 Å². The number of anilines is 1. The molecular formula is C11H13FN2O3. The Bertz CT molecular complexity index is 446. The van der Waals surface area contributed by atoms with Gasteiger partial charge in [-0.2, -0.15) is 0 Å². The van der Waals surface area contributed by atoms with E-state index >= 15 is 0 Å². The molecule has 1 aromatic rings. The van der Waals surface area contributed by atoms with Crippen LogP contribution in [0.4, 0.5) is 10.1 Å². The maximum absolute atomic E-state index is 13.3. The van der Waals surface area contributed by atoms with E-state index in [2.05, 4.69) is 5.32 Å². The highest BCUT2D eigenvalue weighted by atomic mass is 19.1. The number of carbonyl (C=O) groups is 2. The van der Waals surface area contributed by atoms with Crippen molar-refractivity contribution in [2.75, 3.05) is 26.0 Å². The van der Waals surface area contributed by atoms with E-state index in [9.17, 15) is 14.0 Å². The molecule has 0 aliphatic rings. The Balaban J connectivity index is 2.86. The molecule has 92 valence electrons. The van der Waals surface area contributed by atoms with E-state index in [-0.39, 0.29) is 17.8 Å². The Morgan fingerprint density at radius 1 is 1.41 bits per heavy atom. The molecule has 0 unspecified atom stereocenters. The fraction of sp³-hybridized carbons (Fsp3) is 0.273. The Kier molecular flexibility index (Phi) is 4.17. The summed E-state index contributed by atoms with van der Waals surface area (Å²) in [5.41, 5.74) is -0.205. The van der Waals surface area contributed by atoms with E-state index < -0.39 is 17.7 Å². The van der Waals surface area contributed by atoms with E-state index in [4.69, 9.17) is 5.11 Å². The van der Waals surface area contributed by atoms with Gasteiger partial charge in [-0.25, -0.2) is 9.18 Å². The average Bonchev–Trinajstić information content (AvgIpc) is 2.19. The van der Waals surface area contributed by atoms with Crippen LogP contribution < -0.4 is 5.32 Å². The van der Waals surface area contributed by atoms with E-state index in [1.165, 1.54) is 0 Å². The van der Waals surface area contributed by atoms with Gasteiger partial charge in [0.25, 0.3) is 0 Å². The first-order valence-electron chi connectivity index (χ1n) is 4.87. The smallest absolute Gasteiger partial charge is 0.335 e. The molecule has 0 heterocycles. The molecule has 0 saturated carbocycles. The van der Waals surface area contributed by atoms with Crippen LogP contribution in [0.3, 0.4) is 0 Å². The van der Waals surface area contributed by atoms with Gasteiger partial charge in [-0.15, -0.1) is 0 Å². The van der Waals surface area contributed by atoms with Crippen LogP contribution >= 0.6 is 0 Å². The number of benzene rings is 1. The second-order valence-electron chi connectivity index (χ2n) is 3.79. The molecule has 0 aliphatic carbocycles. The number of halogens is 1. The zero-order valence-corrected chi connectivity index (χ0v) is 9.53. The minimum atomic E-state index is -1.17. The summed E-state index contributed by atoms with van der Waals surface area (Å²) < 4.78 is 13.3. The zero-order chi connectivity index (χ0) is 13.0. The number of carboxylic acids is 1. The quantitative estimate of drug-likeness (QED) is 0.824. The second-order valence-corrected chi connectivity index (χ2v) is 3.79. The molecule has 0 spiro atoms. The molecule has 6 heteroatoms. The Labute approximate surface area is 97.8 Å². The van der Waals surface area contributed by atoms with Gasteiger partial charge in [-0.1, -0.05) is 0 Å². The number of hydrogen-bond donors (Lipinski definition) is 2. The lowest BCUT2D eigenvalue weighted by Crippen LogP contribution is -2.27. The van der Waals surface area contributed by atoms with Crippen molar-refractivity contribution in [2.24, 2.45) is 0 Å². The lowest BCUT2D eigenvalue weighted by molar-refractivity contribution is -0.116. The van der Waals surface area contributed by atoms with Gasteiger partial charge in [-0.05, 0) is 32.3 Å². The number of carbonyl (C=O) groups excluding carboxylic acids is 1. The van der Waals surface area contributed by atoms with Crippen molar-refractivity contribution in [1.82, 2.24) is 4.90 Å². The van der Waals surface area contributed by atoms with Crippen molar-refractivity contribution in [3.8, 4) is 0 Å².